The summed E-state index contributed by atoms with van der Waals surface area (Å²) in [5.41, 5.74) is 2.96. The van der Waals surface area contributed by atoms with Crippen LogP contribution in [0.3, 0.4) is 0 Å². The van der Waals surface area contributed by atoms with Gasteiger partial charge in [0.2, 0.25) is 5.95 Å². The van der Waals surface area contributed by atoms with Crippen molar-refractivity contribution in [3.05, 3.63) is 53.2 Å². The normalized spacial score (nSPS) is 17.4. The third-order valence-corrected chi connectivity index (χ3v) is 6.06. The standard InChI is InChI=1S/C25H24ClN5O2/c1-3-23(32)29-21-6-5-7-22(21)31-25-28-14-17-12-15(9-11-20(17)30-25)18-13-16(8-10-19(18)26)24(33)27-4-2/h1,8-14,21-22H,4-7H2,2H3,(H,27,33)(H,29,32)(H,28,30,31). The number of fused-ring (bicyclic) bond motifs is 1. The van der Waals surface area contributed by atoms with Crippen molar-refractivity contribution in [1.29, 1.82) is 0 Å². The van der Waals surface area contributed by atoms with Gasteiger partial charge >= 0.3 is 0 Å². The lowest BCUT2D eigenvalue weighted by molar-refractivity contribution is -0.116. The molecule has 0 spiro atoms. The van der Waals surface area contributed by atoms with Crippen molar-refractivity contribution in [3.63, 3.8) is 0 Å². The fraction of sp³-hybridized carbons (Fsp3) is 0.280. The summed E-state index contributed by atoms with van der Waals surface area (Å²) in [5, 5.41) is 10.4. The summed E-state index contributed by atoms with van der Waals surface area (Å²) in [6.07, 6.45) is 9.67. The maximum atomic E-state index is 12.2. The van der Waals surface area contributed by atoms with E-state index in [9.17, 15) is 9.59 Å². The summed E-state index contributed by atoms with van der Waals surface area (Å²) in [6.45, 7) is 2.43. The van der Waals surface area contributed by atoms with E-state index in [0.29, 0.717) is 23.1 Å². The van der Waals surface area contributed by atoms with Crippen molar-refractivity contribution in [1.82, 2.24) is 20.6 Å². The Kier molecular flexibility index (Phi) is 6.76. The van der Waals surface area contributed by atoms with Crippen LogP contribution in [-0.2, 0) is 4.79 Å². The van der Waals surface area contributed by atoms with Crippen molar-refractivity contribution in [2.45, 2.75) is 38.3 Å². The summed E-state index contributed by atoms with van der Waals surface area (Å²) in [6, 6.07) is 11.0. The smallest absolute Gasteiger partial charge is 0.295 e. The average molecular weight is 462 g/mol. The van der Waals surface area contributed by atoms with E-state index in [1.54, 1.807) is 24.4 Å². The van der Waals surface area contributed by atoms with Gasteiger partial charge < -0.3 is 16.0 Å². The van der Waals surface area contributed by atoms with E-state index in [0.717, 1.165) is 41.3 Å². The van der Waals surface area contributed by atoms with Gasteiger partial charge in [-0.2, -0.15) is 0 Å². The monoisotopic (exact) mass is 461 g/mol. The van der Waals surface area contributed by atoms with E-state index < -0.39 is 5.91 Å². The number of aromatic nitrogens is 2. The zero-order valence-corrected chi connectivity index (χ0v) is 18.9. The van der Waals surface area contributed by atoms with E-state index in [-0.39, 0.29) is 18.0 Å². The highest BCUT2D eigenvalue weighted by atomic mass is 35.5. The van der Waals surface area contributed by atoms with Crippen LogP contribution in [-0.4, -0.2) is 40.4 Å². The number of anilines is 1. The van der Waals surface area contributed by atoms with Gasteiger partial charge in [0.25, 0.3) is 11.8 Å². The second-order valence-corrected chi connectivity index (χ2v) is 8.33. The van der Waals surface area contributed by atoms with Crippen LogP contribution < -0.4 is 16.0 Å². The number of benzene rings is 2. The number of hydrogen-bond acceptors (Lipinski definition) is 5. The van der Waals surface area contributed by atoms with Crippen LogP contribution in [0.4, 0.5) is 5.95 Å². The molecule has 1 aliphatic rings. The largest absolute Gasteiger partial charge is 0.352 e. The number of terminal acetylenes is 1. The van der Waals surface area contributed by atoms with E-state index in [4.69, 9.17) is 18.0 Å². The molecule has 4 rings (SSSR count). The molecule has 3 N–H and O–H groups in total. The average Bonchev–Trinajstić information content (AvgIpc) is 3.25. The third kappa shape index (κ3) is 5.07. The zero-order chi connectivity index (χ0) is 23.4. The number of halogens is 1. The first-order valence-corrected chi connectivity index (χ1v) is 11.2. The Hall–Kier alpha value is -3.63. The molecular formula is C25H24ClN5O2. The van der Waals surface area contributed by atoms with Gasteiger partial charge in [-0.1, -0.05) is 17.7 Å². The van der Waals surface area contributed by atoms with Crippen LogP contribution in [0.2, 0.25) is 5.02 Å². The molecule has 0 radical (unpaired) electrons. The molecule has 1 fully saturated rings. The molecule has 1 aromatic heterocycles. The van der Waals surface area contributed by atoms with Gasteiger partial charge in [-0.25, -0.2) is 9.97 Å². The van der Waals surface area contributed by atoms with E-state index >= 15 is 0 Å². The van der Waals surface area contributed by atoms with Crippen molar-refractivity contribution in [3.8, 4) is 23.5 Å². The Balaban J connectivity index is 1.56. The molecule has 8 heteroatoms. The van der Waals surface area contributed by atoms with Crippen LogP contribution in [0.5, 0.6) is 0 Å². The summed E-state index contributed by atoms with van der Waals surface area (Å²) in [7, 11) is 0. The Labute approximate surface area is 197 Å². The topological polar surface area (TPSA) is 96.0 Å². The van der Waals surface area contributed by atoms with Crippen LogP contribution >= 0.6 is 11.6 Å². The lowest BCUT2D eigenvalue weighted by Crippen LogP contribution is -2.43. The quantitative estimate of drug-likeness (QED) is 0.485. The molecule has 7 nitrogen and oxygen atoms in total. The Morgan fingerprint density at radius 3 is 2.79 bits per heavy atom. The number of carbonyl (C=O) groups excluding carboxylic acids is 2. The van der Waals surface area contributed by atoms with E-state index in [1.807, 2.05) is 25.1 Å². The molecule has 2 aromatic carbocycles. The summed E-state index contributed by atoms with van der Waals surface area (Å²) in [4.78, 5) is 32.9. The van der Waals surface area contributed by atoms with Crippen LogP contribution in [0.15, 0.2) is 42.6 Å². The molecule has 2 unspecified atom stereocenters. The maximum absolute atomic E-state index is 12.2. The van der Waals surface area contributed by atoms with Gasteiger partial charge in [-0.15, -0.1) is 6.42 Å². The molecule has 1 heterocycles. The van der Waals surface area contributed by atoms with Gasteiger partial charge in [0.1, 0.15) is 0 Å². The molecule has 0 bridgehead atoms. The fourth-order valence-corrected chi connectivity index (χ4v) is 4.33. The second kappa shape index (κ2) is 9.88. The number of amides is 2. The summed E-state index contributed by atoms with van der Waals surface area (Å²) in [5.74, 6) is 2.05. The number of nitrogens with zero attached hydrogens (tertiary/aromatic N) is 2. The predicted molar refractivity (Wildman–Crippen MR) is 130 cm³/mol. The second-order valence-electron chi connectivity index (χ2n) is 7.93. The van der Waals surface area contributed by atoms with Gasteiger partial charge in [0.05, 0.1) is 5.52 Å². The van der Waals surface area contributed by atoms with Crippen molar-refractivity contribution < 1.29 is 9.59 Å². The molecule has 0 aliphatic heterocycles. The third-order valence-electron chi connectivity index (χ3n) is 5.73. The lowest BCUT2D eigenvalue weighted by atomic mass is 10.0. The number of nitrogens with one attached hydrogen (secondary N) is 3. The molecular weight excluding hydrogens is 438 g/mol. The predicted octanol–water partition coefficient (Wildman–Crippen LogP) is 3.78. The van der Waals surface area contributed by atoms with Gasteiger partial charge in [-0.3, -0.25) is 9.59 Å². The maximum Gasteiger partial charge on any atom is 0.295 e. The van der Waals surface area contributed by atoms with Crippen molar-refractivity contribution in [2.24, 2.45) is 0 Å². The first-order valence-electron chi connectivity index (χ1n) is 10.9. The van der Waals surface area contributed by atoms with E-state index in [1.165, 1.54) is 0 Å². The van der Waals surface area contributed by atoms with Gasteiger partial charge in [0.15, 0.2) is 0 Å². The van der Waals surface area contributed by atoms with Crippen molar-refractivity contribution in [2.75, 3.05) is 11.9 Å². The number of carbonyl (C=O) groups is 2. The zero-order valence-electron chi connectivity index (χ0n) is 18.2. The Morgan fingerprint density at radius 1 is 1.18 bits per heavy atom. The van der Waals surface area contributed by atoms with Gasteiger partial charge in [0, 0.05) is 46.4 Å². The first-order chi connectivity index (χ1) is 16.0. The molecule has 168 valence electrons. The SMILES string of the molecule is C#CC(=O)NC1CCCC1Nc1ncc2cc(-c3cc(C(=O)NCC)ccc3Cl)ccc2n1. The highest BCUT2D eigenvalue weighted by Crippen LogP contribution is 2.31. The van der Waals surface area contributed by atoms with Crippen LogP contribution in [0.1, 0.15) is 36.5 Å². The minimum Gasteiger partial charge on any atom is -0.352 e. The minimum absolute atomic E-state index is 0.0230. The summed E-state index contributed by atoms with van der Waals surface area (Å²) < 4.78 is 0. The molecule has 1 saturated carbocycles. The molecule has 2 atom stereocenters. The van der Waals surface area contributed by atoms with E-state index in [2.05, 4.69) is 31.8 Å². The molecule has 1 aliphatic carbocycles. The van der Waals surface area contributed by atoms with Crippen molar-refractivity contribution >= 4 is 40.3 Å². The first kappa shape index (κ1) is 22.6. The number of rotatable bonds is 6. The number of hydrogen-bond donors (Lipinski definition) is 3. The highest BCUT2D eigenvalue weighted by molar-refractivity contribution is 6.33. The summed E-state index contributed by atoms with van der Waals surface area (Å²) >= 11 is 6.43. The Bertz CT molecular complexity index is 1250. The van der Waals surface area contributed by atoms with Gasteiger partial charge in [-0.05, 0) is 68.0 Å². The lowest BCUT2D eigenvalue weighted by Gasteiger charge is -2.21. The molecule has 3 aromatic rings. The highest BCUT2D eigenvalue weighted by Gasteiger charge is 2.28. The minimum atomic E-state index is -0.407. The van der Waals surface area contributed by atoms with Crippen LogP contribution in [0, 0.1) is 12.3 Å². The molecule has 2 amide bonds. The molecule has 33 heavy (non-hydrogen) atoms. The van der Waals surface area contributed by atoms with Crippen LogP contribution in [0.25, 0.3) is 22.0 Å². The fourth-order valence-electron chi connectivity index (χ4n) is 4.10. The molecule has 0 saturated heterocycles. The Morgan fingerprint density at radius 2 is 2.00 bits per heavy atom.